The summed E-state index contributed by atoms with van der Waals surface area (Å²) < 4.78 is 0. The van der Waals surface area contributed by atoms with Gasteiger partial charge in [-0.3, -0.25) is 10.9 Å². The first kappa shape index (κ1) is 14.5. The van der Waals surface area contributed by atoms with Crippen LogP contribution in [-0.4, -0.2) is 6.54 Å². The van der Waals surface area contributed by atoms with Crippen LogP contribution in [-0.2, 0) is 6.54 Å². The van der Waals surface area contributed by atoms with Gasteiger partial charge < -0.3 is 0 Å². The van der Waals surface area contributed by atoms with E-state index in [1.165, 1.54) is 37.7 Å². The van der Waals surface area contributed by atoms with E-state index in [9.17, 15) is 0 Å². The van der Waals surface area contributed by atoms with Gasteiger partial charge >= 0.3 is 0 Å². The lowest BCUT2D eigenvalue weighted by Gasteiger charge is -2.21. The number of hydrogen-bond acceptors (Lipinski definition) is 2. The van der Waals surface area contributed by atoms with Crippen molar-refractivity contribution in [2.45, 2.75) is 38.6 Å². The van der Waals surface area contributed by atoms with E-state index in [0.29, 0.717) is 0 Å². The van der Waals surface area contributed by atoms with E-state index in [4.69, 9.17) is 0 Å². The SMILES string of the molecule is Cl.c1ccc(CNNCC2CCCCC2)cc1. The maximum atomic E-state index is 3.35. The van der Waals surface area contributed by atoms with E-state index in [-0.39, 0.29) is 12.4 Å². The molecule has 2 nitrogen and oxygen atoms in total. The Balaban J connectivity index is 0.00000144. The molecule has 0 amide bonds. The summed E-state index contributed by atoms with van der Waals surface area (Å²) in [6.07, 6.45) is 7.09. The van der Waals surface area contributed by atoms with Crippen LogP contribution in [0, 0.1) is 5.92 Å². The molecule has 0 heterocycles. The van der Waals surface area contributed by atoms with Gasteiger partial charge in [0.05, 0.1) is 0 Å². The third kappa shape index (κ3) is 5.53. The molecule has 1 saturated carbocycles. The third-order valence-electron chi connectivity index (χ3n) is 3.38. The van der Waals surface area contributed by atoms with Gasteiger partial charge in [-0.25, -0.2) is 0 Å². The Hall–Kier alpha value is -0.570. The maximum absolute atomic E-state index is 3.35. The van der Waals surface area contributed by atoms with E-state index < -0.39 is 0 Å². The summed E-state index contributed by atoms with van der Waals surface area (Å²) in [6, 6.07) is 10.5. The van der Waals surface area contributed by atoms with Crippen LogP contribution in [0.1, 0.15) is 37.7 Å². The van der Waals surface area contributed by atoms with Crippen LogP contribution in [0.2, 0.25) is 0 Å². The van der Waals surface area contributed by atoms with Gasteiger partial charge in [-0.2, -0.15) is 0 Å². The zero-order chi connectivity index (χ0) is 11.1. The largest absolute Gasteiger partial charge is 0.257 e. The van der Waals surface area contributed by atoms with Crippen LogP contribution >= 0.6 is 12.4 Å². The number of hydrazine groups is 1. The molecule has 2 N–H and O–H groups in total. The van der Waals surface area contributed by atoms with Crippen molar-refractivity contribution in [3.63, 3.8) is 0 Å². The first-order valence-corrected chi connectivity index (χ1v) is 6.45. The zero-order valence-electron chi connectivity index (χ0n) is 10.3. The summed E-state index contributed by atoms with van der Waals surface area (Å²) in [5, 5.41) is 0. The molecule has 0 aromatic heterocycles. The van der Waals surface area contributed by atoms with Crippen molar-refractivity contribution in [3.05, 3.63) is 35.9 Å². The average Bonchev–Trinajstić information content (AvgIpc) is 2.37. The minimum atomic E-state index is 0. The minimum Gasteiger partial charge on any atom is -0.257 e. The van der Waals surface area contributed by atoms with E-state index in [0.717, 1.165) is 19.0 Å². The lowest BCUT2D eigenvalue weighted by atomic mass is 9.89. The number of halogens is 1. The molecule has 0 atom stereocenters. The number of rotatable bonds is 5. The fourth-order valence-electron chi connectivity index (χ4n) is 2.37. The topological polar surface area (TPSA) is 24.1 Å². The van der Waals surface area contributed by atoms with Gasteiger partial charge in [-0.15, -0.1) is 12.4 Å². The van der Waals surface area contributed by atoms with Crippen molar-refractivity contribution in [1.82, 2.24) is 10.9 Å². The Labute approximate surface area is 111 Å². The second-order valence-electron chi connectivity index (χ2n) is 4.72. The summed E-state index contributed by atoms with van der Waals surface area (Å²) >= 11 is 0. The van der Waals surface area contributed by atoms with Crippen LogP contribution in [0.4, 0.5) is 0 Å². The molecule has 1 aliphatic carbocycles. The van der Waals surface area contributed by atoms with Crippen LogP contribution < -0.4 is 10.9 Å². The highest BCUT2D eigenvalue weighted by atomic mass is 35.5. The first-order chi connectivity index (χ1) is 7.95. The molecular weight excluding hydrogens is 232 g/mol. The van der Waals surface area contributed by atoms with Crippen molar-refractivity contribution in [2.75, 3.05) is 6.54 Å². The number of benzene rings is 1. The minimum absolute atomic E-state index is 0. The Morgan fingerprint density at radius 1 is 0.941 bits per heavy atom. The fourth-order valence-corrected chi connectivity index (χ4v) is 2.37. The van der Waals surface area contributed by atoms with Gasteiger partial charge in [0.15, 0.2) is 0 Å². The molecule has 0 unspecified atom stereocenters. The first-order valence-electron chi connectivity index (χ1n) is 6.45. The average molecular weight is 255 g/mol. The maximum Gasteiger partial charge on any atom is 0.0351 e. The Bertz CT molecular complexity index is 284. The Morgan fingerprint density at radius 2 is 1.65 bits per heavy atom. The Kier molecular flexibility index (Phi) is 7.25. The summed E-state index contributed by atoms with van der Waals surface area (Å²) in [5.74, 6) is 0.886. The predicted molar refractivity (Wildman–Crippen MR) is 75.1 cm³/mol. The molecule has 1 aliphatic rings. The van der Waals surface area contributed by atoms with Gasteiger partial charge in [-0.1, -0.05) is 49.6 Å². The van der Waals surface area contributed by atoms with Crippen molar-refractivity contribution < 1.29 is 0 Å². The molecule has 3 heteroatoms. The second-order valence-corrected chi connectivity index (χ2v) is 4.72. The van der Waals surface area contributed by atoms with Crippen LogP contribution in [0.25, 0.3) is 0 Å². The van der Waals surface area contributed by atoms with Crippen LogP contribution in [0.3, 0.4) is 0 Å². The van der Waals surface area contributed by atoms with Crippen LogP contribution in [0.5, 0.6) is 0 Å². The zero-order valence-corrected chi connectivity index (χ0v) is 11.1. The lowest BCUT2D eigenvalue weighted by Crippen LogP contribution is -2.35. The van der Waals surface area contributed by atoms with Crippen molar-refractivity contribution in [3.8, 4) is 0 Å². The molecule has 2 rings (SSSR count). The highest BCUT2D eigenvalue weighted by Gasteiger charge is 2.12. The monoisotopic (exact) mass is 254 g/mol. The molecule has 1 aromatic rings. The molecule has 0 radical (unpaired) electrons. The van der Waals surface area contributed by atoms with E-state index >= 15 is 0 Å². The smallest absolute Gasteiger partial charge is 0.0351 e. The molecule has 96 valence electrons. The summed E-state index contributed by atoms with van der Waals surface area (Å²) in [5.41, 5.74) is 7.98. The number of hydrogen-bond donors (Lipinski definition) is 2. The van der Waals surface area contributed by atoms with E-state index in [1.807, 2.05) is 0 Å². The normalized spacial score (nSPS) is 16.5. The lowest BCUT2D eigenvalue weighted by molar-refractivity contribution is 0.325. The molecule has 0 aliphatic heterocycles. The molecule has 0 spiro atoms. The second kappa shape index (κ2) is 8.51. The van der Waals surface area contributed by atoms with Gasteiger partial charge in [0, 0.05) is 13.1 Å². The van der Waals surface area contributed by atoms with Crippen molar-refractivity contribution >= 4 is 12.4 Å². The Morgan fingerprint density at radius 3 is 2.35 bits per heavy atom. The molecule has 1 fully saturated rings. The molecule has 1 aromatic carbocycles. The quantitative estimate of drug-likeness (QED) is 0.623. The van der Waals surface area contributed by atoms with Crippen molar-refractivity contribution in [1.29, 1.82) is 0 Å². The highest BCUT2D eigenvalue weighted by molar-refractivity contribution is 5.85. The van der Waals surface area contributed by atoms with Gasteiger partial charge in [0.25, 0.3) is 0 Å². The van der Waals surface area contributed by atoms with Gasteiger partial charge in [-0.05, 0) is 24.3 Å². The summed E-state index contributed by atoms with van der Waals surface area (Å²) in [4.78, 5) is 0. The van der Waals surface area contributed by atoms with Crippen LogP contribution in [0.15, 0.2) is 30.3 Å². The third-order valence-corrected chi connectivity index (χ3v) is 3.38. The predicted octanol–water partition coefficient (Wildman–Crippen LogP) is 3.28. The molecular formula is C14H23ClN2. The number of nitrogens with one attached hydrogen (secondary N) is 2. The molecule has 0 bridgehead atoms. The highest BCUT2D eigenvalue weighted by Crippen LogP contribution is 2.22. The summed E-state index contributed by atoms with van der Waals surface area (Å²) in [6.45, 7) is 2.03. The van der Waals surface area contributed by atoms with Gasteiger partial charge in [0.2, 0.25) is 0 Å². The summed E-state index contributed by atoms with van der Waals surface area (Å²) in [7, 11) is 0. The van der Waals surface area contributed by atoms with E-state index in [2.05, 4.69) is 41.2 Å². The molecule has 0 saturated heterocycles. The van der Waals surface area contributed by atoms with E-state index in [1.54, 1.807) is 0 Å². The fraction of sp³-hybridized carbons (Fsp3) is 0.571. The standard InChI is InChI=1S/C14H22N2.ClH/c1-3-7-13(8-4-1)11-15-16-12-14-9-5-2-6-10-14;/h1,3-4,7-8,14-16H,2,5-6,9-12H2;1H. The van der Waals surface area contributed by atoms with Gasteiger partial charge in [0.1, 0.15) is 0 Å². The van der Waals surface area contributed by atoms with Crippen molar-refractivity contribution in [2.24, 2.45) is 5.92 Å². The molecule has 17 heavy (non-hydrogen) atoms.